The Kier molecular flexibility index (Phi) is 3.91. The smallest absolute Gasteiger partial charge is 0.0761 e. The van der Waals surface area contributed by atoms with Gasteiger partial charge in [0.15, 0.2) is 0 Å². The fourth-order valence-corrected chi connectivity index (χ4v) is 5.59. The lowest BCUT2D eigenvalue weighted by atomic mass is 10.0. The maximum Gasteiger partial charge on any atom is 0.0761 e. The van der Waals surface area contributed by atoms with Crippen molar-refractivity contribution < 1.29 is 0 Å². The molecule has 0 radical (unpaired) electrons. The first-order valence-corrected chi connectivity index (χ1v) is 7.98. The Labute approximate surface area is 120 Å². The third kappa shape index (κ3) is 2.43. The Morgan fingerprint density at radius 3 is 2.25 bits per heavy atom. The molecule has 0 aliphatic rings. The highest BCUT2D eigenvalue weighted by Crippen LogP contribution is 2.38. The van der Waals surface area contributed by atoms with Crippen LogP contribution in [0.3, 0.4) is 0 Å². The number of aryl methyl sites for hydroxylation is 2. The van der Waals surface area contributed by atoms with Crippen molar-refractivity contribution in [3.05, 3.63) is 40.6 Å². The minimum absolute atomic E-state index is 0.0399. The highest BCUT2D eigenvalue weighted by Gasteiger charge is 2.18. The van der Waals surface area contributed by atoms with Crippen molar-refractivity contribution in [2.45, 2.75) is 19.9 Å². The number of thiophene rings is 2. The molecule has 0 saturated heterocycles. The van der Waals surface area contributed by atoms with Crippen LogP contribution in [-0.2, 0) is 0 Å². The summed E-state index contributed by atoms with van der Waals surface area (Å²) in [5.41, 5.74) is 8.69. The second-order valence-electron chi connectivity index (χ2n) is 3.63. The van der Waals surface area contributed by atoms with Crippen LogP contribution in [0.15, 0.2) is 19.7 Å². The number of nitrogens with two attached hydrogens (primary N) is 1. The van der Waals surface area contributed by atoms with Crippen molar-refractivity contribution >= 4 is 54.5 Å². The molecule has 2 aromatic rings. The van der Waals surface area contributed by atoms with Crippen LogP contribution in [0.2, 0.25) is 0 Å². The van der Waals surface area contributed by atoms with Crippen LogP contribution < -0.4 is 5.73 Å². The lowest BCUT2D eigenvalue weighted by Gasteiger charge is -2.10. The van der Waals surface area contributed by atoms with Crippen molar-refractivity contribution in [3.63, 3.8) is 0 Å². The molecule has 5 heteroatoms. The standard InChI is InChI=1S/C11H11Br2NS2/c1-5-3-7(6(2)15-5)10(14)8-4-9(12)16-11(8)13/h3-4,10H,14H2,1-2H3. The predicted molar refractivity (Wildman–Crippen MR) is 79.5 cm³/mol. The van der Waals surface area contributed by atoms with Crippen LogP contribution in [0.1, 0.15) is 26.9 Å². The second kappa shape index (κ2) is 4.90. The van der Waals surface area contributed by atoms with Crippen molar-refractivity contribution in [3.8, 4) is 0 Å². The fraction of sp³-hybridized carbons (Fsp3) is 0.273. The molecular weight excluding hydrogens is 370 g/mol. The van der Waals surface area contributed by atoms with Crippen molar-refractivity contribution in [2.24, 2.45) is 5.73 Å². The third-order valence-electron chi connectivity index (χ3n) is 2.43. The Bertz CT molecular complexity index is 470. The molecule has 2 aromatic heterocycles. The van der Waals surface area contributed by atoms with E-state index in [1.165, 1.54) is 15.3 Å². The molecule has 16 heavy (non-hydrogen) atoms. The van der Waals surface area contributed by atoms with Crippen molar-refractivity contribution in [1.29, 1.82) is 0 Å². The van der Waals surface area contributed by atoms with Gasteiger partial charge >= 0.3 is 0 Å². The van der Waals surface area contributed by atoms with Gasteiger partial charge < -0.3 is 5.73 Å². The average Bonchev–Trinajstić information content (AvgIpc) is 2.68. The molecule has 0 saturated carbocycles. The summed E-state index contributed by atoms with van der Waals surface area (Å²) >= 11 is 10.5. The lowest BCUT2D eigenvalue weighted by Crippen LogP contribution is -2.11. The Balaban J connectivity index is 2.42. The van der Waals surface area contributed by atoms with Gasteiger partial charge in [0.25, 0.3) is 0 Å². The van der Waals surface area contributed by atoms with E-state index in [1.807, 2.05) is 0 Å². The largest absolute Gasteiger partial charge is 0.320 e. The van der Waals surface area contributed by atoms with E-state index in [0.717, 1.165) is 13.1 Å². The van der Waals surface area contributed by atoms with E-state index in [2.05, 4.69) is 57.8 Å². The van der Waals surface area contributed by atoms with Crippen LogP contribution in [0.4, 0.5) is 0 Å². The molecule has 0 aliphatic heterocycles. The molecule has 0 spiro atoms. The quantitative estimate of drug-likeness (QED) is 0.779. The zero-order chi connectivity index (χ0) is 11.9. The van der Waals surface area contributed by atoms with Crippen molar-refractivity contribution in [1.82, 2.24) is 0 Å². The third-order valence-corrected chi connectivity index (χ3v) is 5.80. The molecule has 0 aromatic carbocycles. The molecule has 1 unspecified atom stereocenters. The van der Waals surface area contributed by atoms with Crippen LogP contribution in [-0.4, -0.2) is 0 Å². The molecule has 1 atom stereocenters. The number of hydrogen-bond donors (Lipinski definition) is 1. The SMILES string of the molecule is Cc1cc(C(N)c2cc(Br)sc2Br)c(C)s1. The zero-order valence-corrected chi connectivity index (χ0v) is 13.7. The lowest BCUT2D eigenvalue weighted by molar-refractivity contribution is 0.869. The molecular formula is C11H11Br2NS2. The van der Waals surface area contributed by atoms with Crippen LogP contribution in [0.25, 0.3) is 0 Å². The summed E-state index contributed by atoms with van der Waals surface area (Å²) in [5, 5.41) is 0. The van der Waals surface area contributed by atoms with E-state index in [9.17, 15) is 0 Å². The Hall–Kier alpha value is 0.320. The average molecular weight is 381 g/mol. The minimum Gasteiger partial charge on any atom is -0.320 e. The van der Waals surface area contributed by atoms with Crippen LogP contribution >= 0.6 is 54.5 Å². The van der Waals surface area contributed by atoms with Gasteiger partial charge in [0, 0.05) is 9.75 Å². The fourth-order valence-electron chi connectivity index (χ4n) is 1.69. The molecule has 0 aliphatic carbocycles. The monoisotopic (exact) mass is 379 g/mol. The maximum atomic E-state index is 6.31. The first-order valence-electron chi connectivity index (χ1n) is 4.76. The van der Waals surface area contributed by atoms with E-state index < -0.39 is 0 Å². The number of halogens is 2. The number of hydrogen-bond acceptors (Lipinski definition) is 3. The van der Waals surface area contributed by atoms with E-state index in [0.29, 0.717) is 0 Å². The minimum atomic E-state index is -0.0399. The van der Waals surface area contributed by atoms with Crippen LogP contribution in [0, 0.1) is 13.8 Å². The predicted octanol–water partition coefficient (Wildman–Crippen LogP) is 5.00. The topological polar surface area (TPSA) is 26.0 Å². The van der Waals surface area contributed by atoms with Crippen LogP contribution in [0.5, 0.6) is 0 Å². The summed E-state index contributed by atoms with van der Waals surface area (Å²) in [6, 6.07) is 4.23. The summed E-state index contributed by atoms with van der Waals surface area (Å²) < 4.78 is 2.21. The first-order chi connectivity index (χ1) is 7.49. The molecule has 2 N–H and O–H groups in total. The zero-order valence-electron chi connectivity index (χ0n) is 8.88. The molecule has 86 valence electrons. The molecule has 0 fully saturated rings. The highest BCUT2D eigenvalue weighted by molar-refractivity contribution is 9.12. The summed E-state index contributed by atoms with van der Waals surface area (Å²) in [6.07, 6.45) is 0. The molecule has 2 heterocycles. The molecule has 2 rings (SSSR count). The van der Waals surface area contributed by atoms with E-state index in [4.69, 9.17) is 5.73 Å². The van der Waals surface area contributed by atoms with Gasteiger partial charge in [-0.1, -0.05) is 0 Å². The maximum absolute atomic E-state index is 6.31. The molecule has 0 bridgehead atoms. The van der Waals surface area contributed by atoms with Gasteiger partial charge in [-0.15, -0.1) is 22.7 Å². The number of rotatable bonds is 2. The summed E-state index contributed by atoms with van der Waals surface area (Å²) in [5.74, 6) is 0. The summed E-state index contributed by atoms with van der Waals surface area (Å²) in [7, 11) is 0. The van der Waals surface area contributed by atoms with Gasteiger partial charge in [0.1, 0.15) is 0 Å². The Morgan fingerprint density at radius 1 is 1.12 bits per heavy atom. The Morgan fingerprint density at radius 2 is 1.81 bits per heavy atom. The molecule has 0 amide bonds. The van der Waals surface area contributed by atoms with E-state index >= 15 is 0 Å². The second-order valence-corrected chi connectivity index (χ2v) is 8.84. The van der Waals surface area contributed by atoms with Gasteiger partial charge in [-0.25, -0.2) is 0 Å². The highest BCUT2D eigenvalue weighted by atomic mass is 79.9. The van der Waals surface area contributed by atoms with Crippen molar-refractivity contribution in [2.75, 3.05) is 0 Å². The summed E-state index contributed by atoms with van der Waals surface area (Å²) in [4.78, 5) is 2.62. The summed E-state index contributed by atoms with van der Waals surface area (Å²) in [6.45, 7) is 4.24. The van der Waals surface area contributed by atoms with Gasteiger partial charge in [-0.05, 0) is 69.0 Å². The normalized spacial score (nSPS) is 13.1. The van der Waals surface area contributed by atoms with Gasteiger partial charge in [-0.2, -0.15) is 0 Å². The van der Waals surface area contributed by atoms with Gasteiger partial charge in [0.2, 0.25) is 0 Å². The van der Waals surface area contributed by atoms with E-state index in [1.54, 1.807) is 22.7 Å². The van der Waals surface area contributed by atoms with Gasteiger partial charge in [-0.3, -0.25) is 0 Å². The van der Waals surface area contributed by atoms with E-state index in [-0.39, 0.29) is 6.04 Å². The first kappa shape index (κ1) is 12.8. The van der Waals surface area contributed by atoms with Gasteiger partial charge in [0.05, 0.1) is 13.6 Å². The molecule has 1 nitrogen and oxygen atoms in total.